The van der Waals surface area contributed by atoms with Gasteiger partial charge in [-0.3, -0.25) is 9.59 Å². The van der Waals surface area contributed by atoms with E-state index in [4.69, 9.17) is 9.84 Å². The second-order valence-corrected chi connectivity index (χ2v) is 5.73. The zero-order valence-electron chi connectivity index (χ0n) is 14.5. The van der Waals surface area contributed by atoms with Gasteiger partial charge in [0.25, 0.3) is 0 Å². The first-order valence-corrected chi connectivity index (χ1v) is 8.34. The molecule has 6 heteroatoms. The first kappa shape index (κ1) is 19.2. The van der Waals surface area contributed by atoms with Crippen LogP contribution in [-0.4, -0.2) is 29.4 Å². The first-order valence-electron chi connectivity index (χ1n) is 8.34. The van der Waals surface area contributed by atoms with Gasteiger partial charge in [0.05, 0.1) is 0 Å². The lowest BCUT2D eigenvalue weighted by atomic mass is 10.0. The molecule has 1 amide bonds. The maximum Gasteiger partial charge on any atom is 0.341 e. The van der Waals surface area contributed by atoms with Gasteiger partial charge in [-0.2, -0.15) is 0 Å². The summed E-state index contributed by atoms with van der Waals surface area (Å²) in [5.74, 6) is -0.990. The molecule has 0 saturated heterocycles. The molecular formula is C20H21NO5. The molecule has 0 radical (unpaired) electrons. The number of carboxylic acids is 1. The fourth-order valence-electron chi connectivity index (χ4n) is 2.30. The minimum absolute atomic E-state index is 0.0692. The van der Waals surface area contributed by atoms with E-state index in [9.17, 15) is 14.4 Å². The van der Waals surface area contributed by atoms with Crippen LogP contribution < -0.4 is 10.1 Å². The molecule has 0 aliphatic carbocycles. The number of hydrogen-bond acceptors (Lipinski definition) is 4. The van der Waals surface area contributed by atoms with E-state index >= 15 is 0 Å². The lowest BCUT2D eigenvalue weighted by Crippen LogP contribution is -2.13. The summed E-state index contributed by atoms with van der Waals surface area (Å²) in [5.41, 5.74) is 2.32. The number of aryl methyl sites for hydroxylation is 1. The van der Waals surface area contributed by atoms with Crippen LogP contribution in [0.1, 0.15) is 35.7 Å². The molecule has 136 valence electrons. The number of anilines is 1. The maximum absolute atomic E-state index is 12.1. The van der Waals surface area contributed by atoms with Gasteiger partial charge in [0.15, 0.2) is 12.4 Å². The molecule has 6 nitrogen and oxygen atoms in total. The predicted molar refractivity (Wildman–Crippen MR) is 97.6 cm³/mol. The van der Waals surface area contributed by atoms with Crippen LogP contribution in [-0.2, 0) is 16.0 Å². The number of ether oxygens (including phenoxy) is 1. The largest absolute Gasteiger partial charge is 0.482 e. The summed E-state index contributed by atoms with van der Waals surface area (Å²) in [6.07, 6.45) is 1.14. The first-order chi connectivity index (χ1) is 12.5. The van der Waals surface area contributed by atoms with Crippen LogP contribution in [0.4, 0.5) is 5.69 Å². The predicted octanol–water partition coefficient (Wildman–Crippen LogP) is 3.31. The highest BCUT2D eigenvalue weighted by atomic mass is 16.5. The molecular weight excluding hydrogens is 334 g/mol. The summed E-state index contributed by atoms with van der Waals surface area (Å²) in [6, 6.07) is 13.8. The summed E-state index contributed by atoms with van der Waals surface area (Å²) in [4.78, 5) is 34.5. The summed E-state index contributed by atoms with van der Waals surface area (Å²) in [5, 5.41) is 11.2. The van der Waals surface area contributed by atoms with Crippen molar-refractivity contribution in [1.29, 1.82) is 0 Å². The lowest BCUT2D eigenvalue weighted by molar-refractivity contribution is -0.139. The Labute approximate surface area is 151 Å². The normalized spacial score (nSPS) is 10.2. The maximum atomic E-state index is 12.1. The fourth-order valence-corrected chi connectivity index (χ4v) is 2.30. The standard InChI is InChI=1S/C20H21NO5/c1-2-14-3-5-15(6-4-14)18(22)11-12-19(23)21-16-7-9-17(10-8-16)26-13-20(24)25/h3-10H,2,11-13H2,1H3,(H,21,23)(H,24,25). The van der Waals surface area contributed by atoms with Gasteiger partial charge in [-0.15, -0.1) is 0 Å². The Morgan fingerprint density at radius 3 is 2.19 bits per heavy atom. The molecule has 0 aromatic heterocycles. The highest BCUT2D eigenvalue weighted by molar-refractivity contribution is 6.00. The van der Waals surface area contributed by atoms with Gasteiger partial charge in [-0.1, -0.05) is 31.2 Å². The van der Waals surface area contributed by atoms with Crippen molar-refractivity contribution in [2.24, 2.45) is 0 Å². The van der Waals surface area contributed by atoms with Crippen molar-refractivity contribution >= 4 is 23.3 Å². The number of amides is 1. The monoisotopic (exact) mass is 355 g/mol. The third kappa shape index (κ3) is 6.05. The molecule has 0 atom stereocenters. The number of aliphatic carboxylic acids is 1. The van der Waals surface area contributed by atoms with Crippen molar-refractivity contribution in [1.82, 2.24) is 0 Å². The highest BCUT2D eigenvalue weighted by Gasteiger charge is 2.10. The summed E-state index contributed by atoms with van der Waals surface area (Å²) in [6.45, 7) is 1.62. The molecule has 26 heavy (non-hydrogen) atoms. The van der Waals surface area contributed by atoms with Crippen molar-refractivity contribution < 1.29 is 24.2 Å². The Morgan fingerprint density at radius 2 is 1.62 bits per heavy atom. The average Bonchev–Trinajstić information content (AvgIpc) is 2.65. The fraction of sp³-hybridized carbons (Fsp3) is 0.250. The zero-order chi connectivity index (χ0) is 18.9. The van der Waals surface area contributed by atoms with Crippen molar-refractivity contribution in [2.45, 2.75) is 26.2 Å². The average molecular weight is 355 g/mol. The van der Waals surface area contributed by atoms with Crippen LogP contribution in [0, 0.1) is 0 Å². The van der Waals surface area contributed by atoms with Crippen LogP contribution in [0.5, 0.6) is 5.75 Å². The second-order valence-electron chi connectivity index (χ2n) is 5.73. The quantitative estimate of drug-likeness (QED) is 0.673. The third-order valence-corrected chi connectivity index (χ3v) is 3.76. The molecule has 0 aliphatic rings. The molecule has 2 rings (SSSR count). The van der Waals surface area contributed by atoms with Gasteiger partial charge in [0, 0.05) is 24.1 Å². The van der Waals surface area contributed by atoms with E-state index in [2.05, 4.69) is 5.32 Å². The topological polar surface area (TPSA) is 92.7 Å². The van der Waals surface area contributed by atoms with Crippen molar-refractivity contribution in [2.75, 3.05) is 11.9 Å². The van der Waals surface area contributed by atoms with Gasteiger partial charge < -0.3 is 15.2 Å². The number of nitrogens with one attached hydrogen (secondary N) is 1. The van der Waals surface area contributed by atoms with E-state index in [-0.39, 0.29) is 24.5 Å². The minimum atomic E-state index is -1.06. The molecule has 0 saturated carbocycles. The Morgan fingerprint density at radius 1 is 0.962 bits per heavy atom. The lowest BCUT2D eigenvalue weighted by Gasteiger charge is -2.07. The number of Topliss-reactive ketones (excluding diaryl/α,β-unsaturated/α-hetero) is 1. The van der Waals surface area contributed by atoms with Gasteiger partial charge in [0.1, 0.15) is 5.75 Å². The van der Waals surface area contributed by atoms with E-state index < -0.39 is 12.6 Å². The number of carbonyl (C=O) groups is 3. The van der Waals surface area contributed by atoms with Crippen molar-refractivity contribution in [3.63, 3.8) is 0 Å². The SMILES string of the molecule is CCc1ccc(C(=O)CCC(=O)Nc2ccc(OCC(=O)O)cc2)cc1. The Hall–Kier alpha value is -3.15. The molecule has 0 bridgehead atoms. The van der Waals surface area contributed by atoms with Crippen LogP contribution in [0.25, 0.3) is 0 Å². The van der Waals surface area contributed by atoms with Crippen molar-refractivity contribution in [3.05, 3.63) is 59.7 Å². The molecule has 0 fully saturated rings. The molecule has 2 aromatic rings. The summed E-state index contributed by atoms with van der Waals surface area (Å²) < 4.78 is 5.01. The highest BCUT2D eigenvalue weighted by Crippen LogP contribution is 2.16. The molecule has 0 aliphatic heterocycles. The van der Waals surface area contributed by atoms with E-state index in [1.807, 2.05) is 19.1 Å². The van der Waals surface area contributed by atoms with Gasteiger partial charge >= 0.3 is 5.97 Å². The molecule has 0 unspecified atom stereocenters. The van der Waals surface area contributed by atoms with Crippen LogP contribution in [0.15, 0.2) is 48.5 Å². The van der Waals surface area contributed by atoms with E-state index in [0.29, 0.717) is 17.0 Å². The molecule has 0 heterocycles. The number of rotatable bonds is 9. The summed E-state index contributed by atoms with van der Waals surface area (Å²) >= 11 is 0. The van der Waals surface area contributed by atoms with E-state index in [1.165, 1.54) is 0 Å². The van der Waals surface area contributed by atoms with E-state index in [0.717, 1.165) is 12.0 Å². The van der Waals surface area contributed by atoms with Gasteiger partial charge in [-0.25, -0.2) is 4.79 Å². The number of hydrogen-bond donors (Lipinski definition) is 2. The van der Waals surface area contributed by atoms with E-state index in [1.54, 1.807) is 36.4 Å². The third-order valence-electron chi connectivity index (χ3n) is 3.76. The number of ketones is 1. The van der Waals surface area contributed by atoms with Crippen LogP contribution >= 0.6 is 0 Å². The van der Waals surface area contributed by atoms with Crippen LogP contribution in [0.3, 0.4) is 0 Å². The van der Waals surface area contributed by atoms with Gasteiger partial charge in [-0.05, 0) is 36.2 Å². The molecule has 0 spiro atoms. The smallest absolute Gasteiger partial charge is 0.341 e. The minimum Gasteiger partial charge on any atom is -0.482 e. The summed E-state index contributed by atoms with van der Waals surface area (Å²) in [7, 11) is 0. The molecule has 2 aromatic carbocycles. The number of carbonyl (C=O) groups excluding carboxylic acids is 2. The second kappa shape index (κ2) is 9.36. The molecule has 2 N–H and O–H groups in total. The number of carboxylic acid groups (broad SMARTS) is 1. The van der Waals surface area contributed by atoms with Crippen LogP contribution in [0.2, 0.25) is 0 Å². The van der Waals surface area contributed by atoms with Gasteiger partial charge in [0.2, 0.25) is 5.91 Å². The Bertz CT molecular complexity index is 766. The Kier molecular flexibility index (Phi) is 6.91. The Balaban J connectivity index is 1.80. The zero-order valence-corrected chi connectivity index (χ0v) is 14.5. The number of benzene rings is 2. The van der Waals surface area contributed by atoms with Crippen molar-refractivity contribution in [3.8, 4) is 5.75 Å².